The second-order valence-corrected chi connectivity index (χ2v) is 6.04. The quantitative estimate of drug-likeness (QED) is 0.902. The van der Waals surface area contributed by atoms with Crippen molar-refractivity contribution in [2.45, 2.75) is 19.8 Å². The van der Waals surface area contributed by atoms with Gasteiger partial charge in [0.25, 0.3) is 0 Å². The van der Waals surface area contributed by atoms with Crippen molar-refractivity contribution in [3.8, 4) is 5.88 Å². The van der Waals surface area contributed by atoms with Gasteiger partial charge in [0, 0.05) is 34.2 Å². The van der Waals surface area contributed by atoms with Crippen LogP contribution in [0, 0.1) is 12.8 Å². The highest BCUT2D eigenvalue weighted by Gasteiger charge is 2.30. The molecule has 2 rings (SSSR count). The van der Waals surface area contributed by atoms with E-state index in [1.54, 1.807) is 37.8 Å². The van der Waals surface area contributed by atoms with Crippen LogP contribution in [-0.4, -0.2) is 65.8 Å². The molecule has 1 atom stereocenters. The number of aryl methyl sites for hydroxylation is 2. The molecule has 0 unspecified atom stereocenters. The van der Waals surface area contributed by atoms with Crippen LogP contribution in [0.15, 0.2) is 0 Å². The number of hydrogen-bond donors (Lipinski definition) is 1. The number of amides is 3. The number of piperidine rings is 1. The summed E-state index contributed by atoms with van der Waals surface area (Å²) in [6, 6.07) is -0.0577. The van der Waals surface area contributed by atoms with Crippen molar-refractivity contribution in [2.24, 2.45) is 13.0 Å². The summed E-state index contributed by atoms with van der Waals surface area (Å²) in [5, 5.41) is 7.16. The number of rotatable bonds is 3. The van der Waals surface area contributed by atoms with Gasteiger partial charge in [0.15, 0.2) is 0 Å². The van der Waals surface area contributed by atoms with Crippen molar-refractivity contribution in [1.29, 1.82) is 0 Å². The van der Waals surface area contributed by atoms with Gasteiger partial charge in [0.05, 0.1) is 18.7 Å². The molecule has 23 heavy (non-hydrogen) atoms. The molecule has 3 amide bonds. The van der Waals surface area contributed by atoms with Gasteiger partial charge < -0.3 is 19.9 Å². The molecule has 8 heteroatoms. The molecule has 1 aromatic rings. The van der Waals surface area contributed by atoms with E-state index in [4.69, 9.17) is 4.74 Å². The maximum atomic E-state index is 12.6. The van der Waals surface area contributed by atoms with Gasteiger partial charge in [-0.05, 0) is 19.8 Å². The van der Waals surface area contributed by atoms with E-state index in [0.29, 0.717) is 30.4 Å². The van der Waals surface area contributed by atoms with Gasteiger partial charge in [-0.25, -0.2) is 9.48 Å². The van der Waals surface area contributed by atoms with Crippen LogP contribution in [-0.2, 0) is 11.8 Å². The van der Waals surface area contributed by atoms with E-state index >= 15 is 0 Å². The molecular weight excluding hydrogens is 298 g/mol. The molecule has 0 bridgehead atoms. The largest absolute Gasteiger partial charge is 0.480 e. The van der Waals surface area contributed by atoms with Crippen molar-refractivity contribution < 1.29 is 14.3 Å². The van der Waals surface area contributed by atoms with Crippen LogP contribution in [0.3, 0.4) is 0 Å². The number of ether oxygens (including phenoxy) is 1. The first-order valence-electron chi connectivity index (χ1n) is 7.69. The molecule has 1 N–H and O–H groups in total. The number of carbonyl (C=O) groups is 2. The molecule has 0 radical (unpaired) electrons. The normalized spacial score (nSPS) is 17.8. The Balaban J connectivity index is 2.08. The van der Waals surface area contributed by atoms with E-state index < -0.39 is 0 Å². The first-order valence-corrected chi connectivity index (χ1v) is 7.69. The monoisotopic (exact) mass is 323 g/mol. The SMILES string of the molecule is COc1c(NC(=O)[C@H]2CCCN(C(=O)N(C)C)C2)c(C)nn1C. The third-order valence-electron chi connectivity index (χ3n) is 4.06. The van der Waals surface area contributed by atoms with Gasteiger partial charge in [0.2, 0.25) is 11.8 Å². The summed E-state index contributed by atoms with van der Waals surface area (Å²) >= 11 is 0. The molecular formula is C15H25N5O3. The lowest BCUT2D eigenvalue weighted by Gasteiger charge is -2.33. The lowest BCUT2D eigenvalue weighted by atomic mass is 9.97. The van der Waals surface area contributed by atoms with Crippen LogP contribution in [0.4, 0.5) is 10.5 Å². The van der Waals surface area contributed by atoms with Gasteiger partial charge in [0.1, 0.15) is 5.69 Å². The molecule has 1 aliphatic rings. The van der Waals surface area contributed by atoms with E-state index in [-0.39, 0.29) is 17.9 Å². The second-order valence-electron chi connectivity index (χ2n) is 6.04. The highest BCUT2D eigenvalue weighted by atomic mass is 16.5. The van der Waals surface area contributed by atoms with Crippen molar-refractivity contribution in [3.63, 3.8) is 0 Å². The summed E-state index contributed by atoms with van der Waals surface area (Å²) < 4.78 is 6.88. The fraction of sp³-hybridized carbons (Fsp3) is 0.667. The highest BCUT2D eigenvalue weighted by Crippen LogP contribution is 2.28. The van der Waals surface area contributed by atoms with E-state index in [1.165, 1.54) is 4.90 Å². The van der Waals surface area contributed by atoms with Gasteiger partial charge in [-0.2, -0.15) is 5.10 Å². The number of methoxy groups -OCH3 is 1. The molecule has 1 aromatic heterocycles. The summed E-state index contributed by atoms with van der Waals surface area (Å²) in [4.78, 5) is 27.9. The number of nitrogens with one attached hydrogen (secondary N) is 1. The maximum absolute atomic E-state index is 12.6. The minimum atomic E-state index is -0.225. The number of anilines is 1. The number of urea groups is 1. The third kappa shape index (κ3) is 3.57. The minimum Gasteiger partial charge on any atom is -0.480 e. The molecule has 0 aromatic carbocycles. The molecule has 0 aliphatic carbocycles. The van der Waals surface area contributed by atoms with Crippen molar-refractivity contribution in [3.05, 3.63) is 5.69 Å². The predicted octanol–water partition coefficient (Wildman–Crippen LogP) is 1.07. The minimum absolute atomic E-state index is 0.0577. The number of likely N-dealkylation sites (tertiary alicyclic amines) is 1. The Labute approximate surface area is 136 Å². The second kappa shape index (κ2) is 6.89. The Kier molecular flexibility index (Phi) is 5.12. The van der Waals surface area contributed by atoms with E-state index in [1.807, 2.05) is 6.92 Å². The van der Waals surface area contributed by atoms with Crippen molar-refractivity contribution >= 4 is 17.6 Å². The third-order valence-corrected chi connectivity index (χ3v) is 4.06. The zero-order valence-corrected chi connectivity index (χ0v) is 14.4. The number of nitrogens with zero attached hydrogens (tertiary/aromatic N) is 4. The van der Waals surface area contributed by atoms with E-state index in [2.05, 4.69) is 10.4 Å². The zero-order chi connectivity index (χ0) is 17.1. The van der Waals surface area contributed by atoms with Gasteiger partial charge >= 0.3 is 6.03 Å². The van der Waals surface area contributed by atoms with E-state index in [9.17, 15) is 9.59 Å². The molecule has 128 valence electrons. The summed E-state index contributed by atoms with van der Waals surface area (Å²) in [7, 11) is 6.75. The topological polar surface area (TPSA) is 79.7 Å². The number of carbonyl (C=O) groups excluding carboxylic acids is 2. The lowest BCUT2D eigenvalue weighted by molar-refractivity contribution is -0.121. The Morgan fingerprint density at radius 1 is 1.39 bits per heavy atom. The zero-order valence-electron chi connectivity index (χ0n) is 14.4. The van der Waals surface area contributed by atoms with Crippen LogP contribution in [0.2, 0.25) is 0 Å². The molecule has 0 spiro atoms. The highest BCUT2D eigenvalue weighted by molar-refractivity contribution is 5.94. The Hall–Kier alpha value is -2.25. The molecule has 1 fully saturated rings. The van der Waals surface area contributed by atoms with Crippen LogP contribution in [0.1, 0.15) is 18.5 Å². The van der Waals surface area contributed by atoms with Crippen molar-refractivity contribution in [2.75, 3.05) is 39.6 Å². The molecule has 1 saturated heterocycles. The maximum Gasteiger partial charge on any atom is 0.319 e. The van der Waals surface area contributed by atoms with Crippen LogP contribution in [0.25, 0.3) is 0 Å². The van der Waals surface area contributed by atoms with Gasteiger partial charge in [-0.3, -0.25) is 4.79 Å². The average Bonchev–Trinajstić information content (AvgIpc) is 2.79. The average molecular weight is 323 g/mol. The number of hydrogen-bond acceptors (Lipinski definition) is 4. The summed E-state index contributed by atoms with van der Waals surface area (Å²) in [5.41, 5.74) is 1.30. The van der Waals surface area contributed by atoms with Crippen LogP contribution in [0.5, 0.6) is 5.88 Å². The van der Waals surface area contributed by atoms with Gasteiger partial charge in [-0.1, -0.05) is 0 Å². The first-order chi connectivity index (χ1) is 10.8. The summed E-state index contributed by atoms with van der Waals surface area (Å²) in [6.07, 6.45) is 1.59. The molecule has 8 nitrogen and oxygen atoms in total. The Bertz CT molecular complexity index is 596. The summed E-state index contributed by atoms with van der Waals surface area (Å²) in [5.74, 6) is 0.195. The fourth-order valence-electron chi connectivity index (χ4n) is 2.89. The Morgan fingerprint density at radius 3 is 2.70 bits per heavy atom. The van der Waals surface area contributed by atoms with Crippen molar-refractivity contribution in [1.82, 2.24) is 19.6 Å². The predicted molar refractivity (Wildman–Crippen MR) is 86.5 cm³/mol. The smallest absolute Gasteiger partial charge is 0.319 e. The molecule has 1 aliphatic heterocycles. The standard InChI is InChI=1S/C15H25N5O3/c1-10-12(14(23-5)19(4)17-10)16-13(21)11-7-6-8-20(9-11)15(22)18(2)3/h11H,6-9H2,1-5H3,(H,16,21)/t11-/m0/s1. The summed E-state index contributed by atoms with van der Waals surface area (Å²) in [6.45, 7) is 2.95. The first kappa shape index (κ1) is 17.1. The van der Waals surface area contributed by atoms with Crippen LogP contribution >= 0.6 is 0 Å². The van der Waals surface area contributed by atoms with E-state index in [0.717, 1.165) is 12.8 Å². The lowest BCUT2D eigenvalue weighted by Crippen LogP contribution is -2.47. The molecule has 2 heterocycles. The van der Waals surface area contributed by atoms with Crippen LogP contribution < -0.4 is 10.1 Å². The Morgan fingerprint density at radius 2 is 2.09 bits per heavy atom. The fourth-order valence-corrected chi connectivity index (χ4v) is 2.89. The number of aromatic nitrogens is 2. The molecule has 0 saturated carbocycles. The van der Waals surface area contributed by atoms with Gasteiger partial charge in [-0.15, -0.1) is 0 Å².